The molecule has 0 unspecified atom stereocenters. The molecule has 1 fully saturated rings. The van der Waals surface area contributed by atoms with Crippen LogP contribution in [0.15, 0.2) is 22.3 Å². The van der Waals surface area contributed by atoms with Gasteiger partial charge in [0.25, 0.3) is 0 Å². The van der Waals surface area contributed by atoms with Crippen molar-refractivity contribution in [3.63, 3.8) is 0 Å². The Labute approximate surface area is 153 Å². The van der Waals surface area contributed by atoms with Crippen molar-refractivity contribution in [2.45, 2.75) is 70.3 Å². The predicted molar refractivity (Wildman–Crippen MR) is 104 cm³/mol. The third-order valence-electron chi connectivity index (χ3n) is 5.50. The molecule has 3 rings (SSSR count). The summed E-state index contributed by atoms with van der Waals surface area (Å²) in [6.07, 6.45) is 7.78. The molecule has 3 heteroatoms. The first-order chi connectivity index (χ1) is 10.9. The van der Waals surface area contributed by atoms with Crippen LogP contribution >= 0.6 is 22.6 Å². The fraction of sp³-hybridized carbons (Fsp3) is 0.600. The van der Waals surface area contributed by atoms with Crippen molar-refractivity contribution in [1.82, 2.24) is 0 Å². The third-order valence-corrected chi connectivity index (χ3v) is 6.30. The van der Waals surface area contributed by atoms with E-state index in [9.17, 15) is 5.11 Å². The van der Waals surface area contributed by atoms with Crippen molar-refractivity contribution in [2.75, 3.05) is 0 Å². The van der Waals surface area contributed by atoms with Crippen LogP contribution < -0.4 is 4.74 Å². The minimum atomic E-state index is -0.0886. The van der Waals surface area contributed by atoms with Crippen LogP contribution in [0.1, 0.15) is 69.4 Å². The first kappa shape index (κ1) is 17.1. The summed E-state index contributed by atoms with van der Waals surface area (Å²) in [6.45, 7) is 8.62. The minimum absolute atomic E-state index is 0.0886. The lowest BCUT2D eigenvalue weighted by atomic mass is 9.67. The second-order valence-corrected chi connectivity index (χ2v) is 8.82. The molecule has 1 aliphatic carbocycles. The summed E-state index contributed by atoms with van der Waals surface area (Å²) in [4.78, 5) is 0. The SMILES string of the molecule is C=C(I)[C@@H]1CC[C@@]2(C)C[C@@H]1c1c(O)cc(CCCCC)cc1O2. The van der Waals surface area contributed by atoms with Gasteiger partial charge in [-0.15, -0.1) is 0 Å². The summed E-state index contributed by atoms with van der Waals surface area (Å²) in [5.74, 6) is 2.12. The summed E-state index contributed by atoms with van der Waals surface area (Å²) < 4.78 is 7.56. The number of benzene rings is 1. The maximum Gasteiger partial charge on any atom is 0.127 e. The van der Waals surface area contributed by atoms with Gasteiger partial charge in [0, 0.05) is 11.5 Å². The molecule has 1 heterocycles. The number of aryl methyl sites for hydroxylation is 1. The van der Waals surface area contributed by atoms with Gasteiger partial charge in [-0.2, -0.15) is 0 Å². The second kappa shape index (κ2) is 6.66. The molecule has 1 N–H and O–H groups in total. The normalized spacial score (nSPS) is 28.8. The highest BCUT2D eigenvalue weighted by Gasteiger charge is 2.46. The van der Waals surface area contributed by atoms with E-state index < -0.39 is 0 Å². The summed E-state index contributed by atoms with van der Waals surface area (Å²) in [5, 5.41) is 10.7. The Kier molecular flexibility index (Phi) is 4.96. The van der Waals surface area contributed by atoms with E-state index in [1.807, 2.05) is 6.07 Å². The van der Waals surface area contributed by atoms with E-state index in [2.05, 4.69) is 49.1 Å². The molecule has 0 saturated heterocycles. The van der Waals surface area contributed by atoms with Crippen LogP contribution in [-0.4, -0.2) is 10.7 Å². The van der Waals surface area contributed by atoms with Crippen LogP contribution in [0.2, 0.25) is 0 Å². The Morgan fingerprint density at radius 3 is 2.91 bits per heavy atom. The zero-order valence-corrected chi connectivity index (χ0v) is 16.4. The standard InChI is InChI=1S/C20H27IO2/c1-4-5-6-7-14-10-17(22)19-16-12-20(3,23-18(19)11-14)9-8-15(16)13(2)21/h10-11,15-16,22H,2,4-9,12H2,1,3H3/t15-,16-,20-/m0/s1. The van der Waals surface area contributed by atoms with Crippen LogP contribution in [0.3, 0.4) is 0 Å². The Morgan fingerprint density at radius 2 is 2.22 bits per heavy atom. The van der Waals surface area contributed by atoms with Crippen molar-refractivity contribution in [1.29, 1.82) is 0 Å². The highest BCUT2D eigenvalue weighted by molar-refractivity contribution is 14.1. The second-order valence-electron chi connectivity index (χ2n) is 7.44. The van der Waals surface area contributed by atoms with Crippen molar-refractivity contribution < 1.29 is 9.84 Å². The van der Waals surface area contributed by atoms with E-state index in [-0.39, 0.29) is 5.60 Å². The molecule has 1 aromatic rings. The number of phenols is 1. The summed E-state index contributed by atoms with van der Waals surface area (Å²) in [6, 6.07) is 4.13. The number of rotatable bonds is 5. The molecule has 0 amide bonds. The fourth-order valence-corrected chi connectivity index (χ4v) is 5.00. The van der Waals surface area contributed by atoms with E-state index in [1.165, 1.54) is 28.4 Å². The minimum Gasteiger partial charge on any atom is -0.508 e. The molecule has 1 aliphatic heterocycles. The van der Waals surface area contributed by atoms with Gasteiger partial charge in [-0.3, -0.25) is 0 Å². The van der Waals surface area contributed by atoms with Crippen molar-refractivity contribution in [2.24, 2.45) is 5.92 Å². The lowest BCUT2D eigenvalue weighted by Gasteiger charge is -2.47. The highest BCUT2D eigenvalue weighted by atomic mass is 127. The number of aromatic hydroxyl groups is 1. The maximum atomic E-state index is 10.7. The van der Waals surface area contributed by atoms with Crippen molar-refractivity contribution in [3.05, 3.63) is 33.4 Å². The van der Waals surface area contributed by atoms with Crippen molar-refractivity contribution in [3.8, 4) is 11.5 Å². The Hall–Kier alpha value is -0.710. The predicted octanol–water partition coefficient (Wildman–Crippen LogP) is 6.11. The summed E-state index contributed by atoms with van der Waals surface area (Å²) >= 11 is 2.36. The number of fused-ring (bicyclic) bond motifs is 4. The molecule has 3 atom stereocenters. The molecule has 126 valence electrons. The van der Waals surface area contributed by atoms with Crippen LogP contribution in [0.25, 0.3) is 0 Å². The third kappa shape index (κ3) is 3.40. The summed E-state index contributed by atoms with van der Waals surface area (Å²) in [7, 11) is 0. The lowest BCUT2D eigenvalue weighted by Crippen LogP contribution is -2.44. The Balaban J connectivity index is 1.96. The number of phenolic OH excluding ortho intramolecular Hbond substituents is 1. The first-order valence-corrected chi connectivity index (χ1v) is 9.90. The molecule has 2 aliphatic rings. The monoisotopic (exact) mass is 426 g/mol. The van der Waals surface area contributed by atoms with Crippen molar-refractivity contribution >= 4 is 22.6 Å². The van der Waals surface area contributed by atoms with Gasteiger partial charge in [-0.25, -0.2) is 0 Å². The molecule has 23 heavy (non-hydrogen) atoms. The zero-order chi connectivity index (χ0) is 16.6. The average molecular weight is 426 g/mol. The zero-order valence-electron chi connectivity index (χ0n) is 14.2. The van der Waals surface area contributed by atoms with Gasteiger partial charge < -0.3 is 9.84 Å². The number of allylic oxidation sites excluding steroid dienone is 1. The van der Waals surface area contributed by atoms with Gasteiger partial charge in [0.05, 0.1) is 0 Å². The number of hydrogen-bond donors (Lipinski definition) is 1. The van der Waals surface area contributed by atoms with Crippen LogP contribution in [0, 0.1) is 5.92 Å². The molecule has 1 saturated carbocycles. The molecular formula is C20H27IO2. The average Bonchev–Trinajstić information content (AvgIpc) is 2.46. The first-order valence-electron chi connectivity index (χ1n) is 8.82. The molecule has 1 aromatic carbocycles. The van der Waals surface area contributed by atoms with E-state index in [4.69, 9.17) is 4.74 Å². The van der Waals surface area contributed by atoms with Gasteiger partial charge in [-0.1, -0.05) is 26.3 Å². The van der Waals surface area contributed by atoms with E-state index >= 15 is 0 Å². The van der Waals surface area contributed by atoms with Gasteiger partial charge in [0.15, 0.2) is 0 Å². The molecule has 0 aromatic heterocycles. The van der Waals surface area contributed by atoms with Crippen LogP contribution in [0.5, 0.6) is 11.5 Å². The molecule has 0 radical (unpaired) electrons. The Bertz CT molecular complexity index is 610. The number of halogens is 1. The number of ether oxygens (including phenoxy) is 1. The number of hydrogen-bond acceptors (Lipinski definition) is 2. The Morgan fingerprint density at radius 1 is 1.43 bits per heavy atom. The quantitative estimate of drug-likeness (QED) is 0.455. The molecule has 2 bridgehead atoms. The lowest BCUT2D eigenvalue weighted by molar-refractivity contribution is 0.00773. The highest BCUT2D eigenvalue weighted by Crippen LogP contribution is 2.56. The van der Waals surface area contributed by atoms with E-state index in [0.29, 0.717) is 17.6 Å². The maximum absolute atomic E-state index is 10.7. The van der Waals surface area contributed by atoms with E-state index in [0.717, 1.165) is 37.0 Å². The fourth-order valence-electron chi connectivity index (χ4n) is 4.26. The topological polar surface area (TPSA) is 29.5 Å². The smallest absolute Gasteiger partial charge is 0.127 e. The van der Waals surface area contributed by atoms with Gasteiger partial charge in [-0.05, 0) is 88.8 Å². The summed E-state index contributed by atoms with van der Waals surface area (Å²) in [5.41, 5.74) is 2.13. The van der Waals surface area contributed by atoms with E-state index in [1.54, 1.807) is 0 Å². The largest absolute Gasteiger partial charge is 0.508 e. The van der Waals surface area contributed by atoms with Crippen LogP contribution in [0.4, 0.5) is 0 Å². The van der Waals surface area contributed by atoms with Gasteiger partial charge in [0.2, 0.25) is 0 Å². The van der Waals surface area contributed by atoms with Gasteiger partial charge >= 0.3 is 0 Å². The number of unbranched alkanes of at least 4 members (excludes halogenated alkanes) is 2. The van der Waals surface area contributed by atoms with Crippen LogP contribution in [-0.2, 0) is 6.42 Å². The van der Waals surface area contributed by atoms with Gasteiger partial charge in [0.1, 0.15) is 17.1 Å². The molecule has 2 nitrogen and oxygen atoms in total. The molecular weight excluding hydrogens is 399 g/mol. The molecule has 0 spiro atoms.